The van der Waals surface area contributed by atoms with E-state index in [1.165, 1.54) is 16.5 Å². The van der Waals surface area contributed by atoms with Crippen molar-refractivity contribution in [1.82, 2.24) is 15.2 Å². The second-order valence-electron chi connectivity index (χ2n) is 12.1. The maximum atomic E-state index is 13.9. The maximum Gasteiger partial charge on any atom is 0.408 e. The van der Waals surface area contributed by atoms with E-state index in [-0.39, 0.29) is 11.8 Å². The SMILES string of the molecule is CC(C)(C)OC(=O)N[C@@H](C(=O)N1CCC[C@H]1C(=O)Nc1ccc2c(c1)CCc1c-2[nH]c2ccccc12)c1ccccc1. The molecule has 8 nitrogen and oxygen atoms in total. The molecular formula is C34H36N4O4. The zero-order valence-corrected chi connectivity index (χ0v) is 24.2. The minimum atomic E-state index is -0.969. The van der Waals surface area contributed by atoms with Crippen LogP contribution in [0.2, 0.25) is 0 Å². The van der Waals surface area contributed by atoms with Gasteiger partial charge in [0.25, 0.3) is 5.91 Å². The molecule has 1 aliphatic heterocycles. The van der Waals surface area contributed by atoms with E-state index in [1.807, 2.05) is 36.4 Å². The molecule has 0 unspecified atom stereocenters. The number of alkyl carbamates (subject to hydrolysis) is 1. The summed E-state index contributed by atoms with van der Waals surface area (Å²) < 4.78 is 5.44. The van der Waals surface area contributed by atoms with Crippen LogP contribution in [0.25, 0.3) is 22.2 Å². The van der Waals surface area contributed by atoms with Crippen LogP contribution in [0, 0.1) is 0 Å². The quantitative estimate of drug-likeness (QED) is 0.271. The van der Waals surface area contributed by atoms with E-state index >= 15 is 0 Å². The van der Waals surface area contributed by atoms with Crippen LogP contribution in [-0.4, -0.2) is 46.0 Å². The molecule has 8 heteroatoms. The van der Waals surface area contributed by atoms with Crippen molar-refractivity contribution in [3.8, 4) is 11.3 Å². The molecule has 0 spiro atoms. The average Bonchev–Trinajstić information content (AvgIpc) is 3.60. The number of ether oxygens (including phenoxy) is 1. The lowest BCUT2D eigenvalue weighted by Gasteiger charge is -2.30. The molecule has 0 radical (unpaired) electrons. The van der Waals surface area contributed by atoms with Crippen molar-refractivity contribution in [2.45, 2.75) is 64.1 Å². The van der Waals surface area contributed by atoms with Crippen molar-refractivity contribution >= 4 is 34.5 Å². The number of nitrogens with zero attached hydrogens (tertiary/aromatic N) is 1. The Morgan fingerprint density at radius 3 is 2.52 bits per heavy atom. The van der Waals surface area contributed by atoms with Gasteiger partial charge in [-0.1, -0.05) is 54.6 Å². The number of carbonyl (C=O) groups is 3. The van der Waals surface area contributed by atoms with E-state index in [9.17, 15) is 14.4 Å². The summed E-state index contributed by atoms with van der Waals surface area (Å²) >= 11 is 0. The highest BCUT2D eigenvalue weighted by Gasteiger charge is 2.39. The van der Waals surface area contributed by atoms with Gasteiger partial charge in [0.1, 0.15) is 17.7 Å². The smallest absolute Gasteiger partial charge is 0.408 e. The van der Waals surface area contributed by atoms with E-state index in [2.05, 4.69) is 39.9 Å². The average molecular weight is 565 g/mol. The highest BCUT2D eigenvalue weighted by molar-refractivity contribution is 5.99. The molecule has 2 aliphatic rings. The molecule has 1 aromatic heterocycles. The van der Waals surface area contributed by atoms with Crippen molar-refractivity contribution in [3.05, 3.63) is 89.5 Å². The molecule has 1 aliphatic carbocycles. The Morgan fingerprint density at radius 2 is 1.74 bits per heavy atom. The second-order valence-corrected chi connectivity index (χ2v) is 12.1. The molecule has 2 heterocycles. The Hall–Kier alpha value is -4.59. The number of carbonyl (C=O) groups excluding carboxylic acids is 3. The monoisotopic (exact) mass is 564 g/mol. The molecule has 3 aromatic carbocycles. The number of aryl methyl sites for hydroxylation is 2. The van der Waals surface area contributed by atoms with Gasteiger partial charge in [-0.25, -0.2) is 4.79 Å². The molecule has 3 N–H and O–H groups in total. The molecule has 2 atom stereocenters. The van der Waals surface area contributed by atoms with Crippen molar-refractivity contribution in [2.24, 2.45) is 0 Å². The van der Waals surface area contributed by atoms with Gasteiger partial charge in [0, 0.05) is 34.4 Å². The van der Waals surface area contributed by atoms with Gasteiger partial charge in [-0.3, -0.25) is 9.59 Å². The molecule has 216 valence electrons. The number of nitrogens with one attached hydrogen (secondary N) is 3. The van der Waals surface area contributed by atoms with Crippen LogP contribution in [0.15, 0.2) is 72.8 Å². The van der Waals surface area contributed by atoms with Crippen molar-refractivity contribution in [3.63, 3.8) is 0 Å². The number of hydrogen-bond acceptors (Lipinski definition) is 4. The van der Waals surface area contributed by atoms with Crippen molar-refractivity contribution in [2.75, 3.05) is 11.9 Å². The molecule has 3 amide bonds. The number of H-pyrrole nitrogens is 1. The summed E-state index contributed by atoms with van der Waals surface area (Å²) in [7, 11) is 0. The molecule has 0 bridgehead atoms. The first-order valence-corrected chi connectivity index (χ1v) is 14.6. The summed E-state index contributed by atoms with van der Waals surface area (Å²) in [5.41, 5.74) is 6.58. The van der Waals surface area contributed by atoms with E-state index in [0.717, 1.165) is 29.6 Å². The third-order valence-corrected chi connectivity index (χ3v) is 7.98. The standard InChI is InChI=1S/C34H36N4O4/c1-34(2,3)42-33(41)37-29(21-10-5-4-6-11-21)32(40)38-19-9-14-28(38)31(39)35-23-16-18-24-22(20-23)15-17-26-25-12-7-8-13-27(25)36-30(24)26/h4-8,10-13,16,18,20,28-29,36H,9,14-15,17,19H2,1-3H3,(H,35,39)(H,37,41)/t28-,29+/m0/s1. The molecule has 1 fully saturated rings. The zero-order valence-electron chi connectivity index (χ0n) is 24.2. The van der Waals surface area contributed by atoms with Crippen LogP contribution >= 0.6 is 0 Å². The first-order chi connectivity index (χ1) is 20.2. The Kier molecular flexibility index (Phi) is 7.22. The third-order valence-electron chi connectivity index (χ3n) is 7.98. The lowest BCUT2D eigenvalue weighted by molar-refractivity contribution is -0.138. The second kappa shape index (κ2) is 11.0. The van der Waals surface area contributed by atoms with Crippen molar-refractivity contribution < 1.29 is 19.1 Å². The Morgan fingerprint density at radius 1 is 0.976 bits per heavy atom. The molecule has 6 rings (SSSR count). The topological polar surface area (TPSA) is 104 Å². The van der Waals surface area contributed by atoms with Gasteiger partial charge in [0.2, 0.25) is 5.91 Å². The van der Waals surface area contributed by atoms with Crippen LogP contribution in [0.5, 0.6) is 0 Å². The Bertz CT molecular complexity index is 1650. The fourth-order valence-electron chi connectivity index (χ4n) is 6.12. The first kappa shape index (κ1) is 27.6. The summed E-state index contributed by atoms with van der Waals surface area (Å²) in [5, 5.41) is 7.07. The van der Waals surface area contributed by atoms with Crippen molar-refractivity contribution in [1.29, 1.82) is 0 Å². The number of amides is 3. The summed E-state index contributed by atoms with van der Waals surface area (Å²) in [4.78, 5) is 45.3. The summed E-state index contributed by atoms with van der Waals surface area (Å²) in [6.45, 7) is 5.75. The van der Waals surface area contributed by atoms with Crippen LogP contribution in [-0.2, 0) is 27.2 Å². The van der Waals surface area contributed by atoms with Gasteiger partial charge in [-0.05, 0) is 81.3 Å². The van der Waals surface area contributed by atoms with Crippen LogP contribution in [0.3, 0.4) is 0 Å². The minimum absolute atomic E-state index is 0.230. The number of anilines is 1. The number of likely N-dealkylation sites (tertiary alicyclic amines) is 1. The van der Waals surface area contributed by atoms with Crippen LogP contribution in [0.4, 0.5) is 10.5 Å². The van der Waals surface area contributed by atoms with Crippen LogP contribution < -0.4 is 10.6 Å². The number of fused-ring (bicyclic) bond motifs is 5. The van der Waals surface area contributed by atoms with E-state index in [0.29, 0.717) is 30.6 Å². The predicted octanol–water partition coefficient (Wildman–Crippen LogP) is 6.13. The summed E-state index contributed by atoms with van der Waals surface area (Å²) in [5.74, 6) is -0.562. The lowest BCUT2D eigenvalue weighted by Crippen LogP contribution is -2.49. The van der Waals surface area contributed by atoms with Gasteiger partial charge < -0.3 is 25.3 Å². The largest absolute Gasteiger partial charge is 0.444 e. The summed E-state index contributed by atoms with van der Waals surface area (Å²) in [6.07, 6.45) is 2.38. The number of rotatable bonds is 5. The number of hydrogen-bond donors (Lipinski definition) is 3. The van der Waals surface area contributed by atoms with Gasteiger partial charge in [0.15, 0.2) is 0 Å². The molecule has 1 saturated heterocycles. The number of aromatic amines is 1. The molecular weight excluding hydrogens is 528 g/mol. The maximum absolute atomic E-state index is 13.9. The highest BCUT2D eigenvalue weighted by Crippen LogP contribution is 2.38. The predicted molar refractivity (Wildman–Crippen MR) is 163 cm³/mol. The summed E-state index contributed by atoms with van der Waals surface area (Å²) in [6, 6.07) is 21.8. The Balaban J connectivity index is 1.20. The Labute approximate surface area is 245 Å². The van der Waals surface area contributed by atoms with E-state index < -0.39 is 23.8 Å². The number of benzene rings is 3. The van der Waals surface area contributed by atoms with E-state index in [1.54, 1.807) is 37.8 Å². The minimum Gasteiger partial charge on any atom is -0.444 e. The van der Waals surface area contributed by atoms with Gasteiger partial charge in [0.05, 0.1) is 0 Å². The molecule has 42 heavy (non-hydrogen) atoms. The van der Waals surface area contributed by atoms with Gasteiger partial charge in [-0.2, -0.15) is 0 Å². The third kappa shape index (κ3) is 5.49. The van der Waals surface area contributed by atoms with Gasteiger partial charge in [-0.15, -0.1) is 0 Å². The zero-order chi connectivity index (χ0) is 29.4. The molecule has 0 saturated carbocycles. The van der Waals surface area contributed by atoms with E-state index in [4.69, 9.17) is 4.74 Å². The molecule has 4 aromatic rings. The fraction of sp³-hybridized carbons (Fsp3) is 0.324. The van der Waals surface area contributed by atoms with Crippen LogP contribution in [0.1, 0.15) is 56.3 Å². The fourth-order valence-corrected chi connectivity index (χ4v) is 6.12. The number of para-hydroxylation sites is 1. The first-order valence-electron chi connectivity index (χ1n) is 14.6. The highest BCUT2D eigenvalue weighted by atomic mass is 16.6. The lowest BCUT2D eigenvalue weighted by atomic mass is 9.88. The number of aromatic nitrogens is 1. The van der Waals surface area contributed by atoms with Gasteiger partial charge >= 0.3 is 6.09 Å². The normalized spacial score (nSPS) is 16.8.